The van der Waals surface area contributed by atoms with Gasteiger partial charge in [0.25, 0.3) is 0 Å². The van der Waals surface area contributed by atoms with E-state index < -0.39 is 0 Å². The first kappa shape index (κ1) is 18.6. The number of halogens is 1. The highest BCUT2D eigenvalue weighted by atomic mass is 35.5. The molecule has 2 aromatic carbocycles. The summed E-state index contributed by atoms with van der Waals surface area (Å²) in [7, 11) is 1.46. The smallest absolute Gasteiger partial charge is 0.357 e. The maximum Gasteiger partial charge on any atom is 0.357 e. The fraction of sp³-hybridized carbons (Fsp3) is 0.316. The molecule has 0 aliphatic carbocycles. The molecule has 0 spiro atoms. The van der Waals surface area contributed by atoms with Crippen LogP contribution in [-0.4, -0.2) is 12.3 Å². The Kier molecular flexibility index (Phi) is 6.46. The third kappa shape index (κ3) is 4.40. The molecule has 0 bridgehead atoms. The van der Waals surface area contributed by atoms with Gasteiger partial charge in [-0.25, -0.2) is 0 Å². The first-order chi connectivity index (χ1) is 11.5. The third-order valence-corrected chi connectivity index (χ3v) is 4.43. The zero-order valence-corrected chi connectivity index (χ0v) is 15.9. The third-order valence-electron chi connectivity index (χ3n) is 3.82. The van der Waals surface area contributed by atoms with E-state index in [0.29, 0.717) is 10.8 Å². The first-order valence-corrected chi connectivity index (χ1v) is 8.51. The van der Waals surface area contributed by atoms with Gasteiger partial charge in [-0.05, 0) is 55.2 Å². The van der Waals surface area contributed by atoms with Gasteiger partial charge in [0.15, 0.2) is 0 Å². The van der Waals surface area contributed by atoms with Crippen molar-refractivity contribution in [3.05, 3.63) is 57.6 Å². The lowest BCUT2D eigenvalue weighted by Gasteiger charge is -2.16. The number of hydrogen-bond acceptors (Lipinski definition) is 4. The molecule has 5 heteroatoms. The van der Waals surface area contributed by atoms with Crippen molar-refractivity contribution in [3.8, 4) is 11.5 Å². The SMILES string of the molecule is CCc1cc(C)c(OCc2c(Cl)cccc2OC(=S)OC)cc1C. The molecule has 2 aromatic rings. The van der Waals surface area contributed by atoms with Crippen LogP contribution in [0.25, 0.3) is 0 Å². The van der Waals surface area contributed by atoms with E-state index >= 15 is 0 Å². The lowest BCUT2D eigenvalue weighted by atomic mass is 10.0. The van der Waals surface area contributed by atoms with Gasteiger partial charge in [-0.2, -0.15) is 0 Å². The molecule has 3 nitrogen and oxygen atoms in total. The van der Waals surface area contributed by atoms with Crippen LogP contribution in [0.3, 0.4) is 0 Å². The summed E-state index contributed by atoms with van der Waals surface area (Å²) in [6, 6.07) is 9.60. The van der Waals surface area contributed by atoms with Crippen LogP contribution in [0, 0.1) is 13.8 Å². The van der Waals surface area contributed by atoms with Crippen LogP contribution in [-0.2, 0) is 17.8 Å². The number of thiocarbonyl (C=S) groups is 1. The number of ether oxygens (including phenoxy) is 3. The van der Waals surface area contributed by atoms with E-state index in [2.05, 4.69) is 26.0 Å². The van der Waals surface area contributed by atoms with Crippen LogP contribution in [0.4, 0.5) is 0 Å². The molecule has 24 heavy (non-hydrogen) atoms. The topological polar surface area (TPSA) is 27.7 Å². The van der Waals surface area contributed by atoms with Crippen molar-refractivity contribution in [1.82, 2.24) is 0 Å². The molecule has 0 saturated carbocycles. The number of rotatable bonds is 5. The maximum atomic E-state index is 6.30. The van der Waals surface area contributed by atoms with Crippen LogP contribution in [0.1, 0.15) is 29.2 Å². The van der Waals surface area contributed by atoms with Crippen molar-refractivity contribution in [1.29, 1.82) is 0 Å². The molecule has 2 rings (SSSR count). The van der Waals surface area contributed by atoms with Crippen LogP contribution in [0.5, 0.6) is 11.5 Å². The maximum absolute atomic E-state index is 6.30. The molecular weight excluding hydrogens is 344 g/mol. The zero-order chi connectivity index (χ0) is 17.7. The summed E-state index contributed by atoms with van der Waals surface area (Å²) in [5.41, 5.74) is 4.37. The highest BCUT2D eigenvalue weighted by molar-refractivity contribution is 7.79. The minimum absolute atomic E-state index is 0.0397. The summed E-state index contributed by atoms with van der Waals surface area (Å²) in [5, 5.41) is 0.601. The molecule has 0 heterocycles. The van der Waals surface area contributed by atoms with Gasteiger partial charge < -0.3 is 14.2 Å². The highest BCUT2D eigenvalue weighted by Crippen LogP contribution is 2.30. The Bertz CT molecular complexity index is 744. The van der Waals surface area contributed by atoms with E-state index in [9.17, 15) is 0 Å². The number of methoxy groups -OCH3 is 1. The molecule has 0 aliphatic heterocycles. The Labute approximate surface area is 153 Å². The monoisotopic (exact) mass is 364 g/mol. The van der Waals surface area contributed by atoms with Gasteiger partial charge in [0.2, 0.25) is 0 Å². The summed E-state index contributed by atoms with van der Waals surface area (Å²) >= 11 is 11.3. The van der Waals surface area contributed by atoms with Gasteiger partial charge >= 0.3 is 5.24 Å². The van der Waals surface area contributed by atoms with Crippen molar-refractivity contribution < 1.29 is 14.2 Å². The highest BCUT2D eigenvalue weighted by Gasteiger charge is 2.13. The lowest BCUT2D eigenvalue weighted by Crippen LogP contribution is -2.10. The second-order valence-corrected chi connectivity index (χ2v) is 6.20. The van der Waals surface area contributed by atoms with Crippen molar-refractivity contribution in [3.63, 3.8) is 0 Å². The fourth-order valence-electron chi connectivity index (χ4n) is 2.44. The minimum atomic E-state index is 0.0397. The molecule has 0 N–H and O–H groups in total. The second-order valence-electron chi connectivity index (χ2n) is 5.46. The Morgan fingerprint density at radius 2 is 1.88 bits per heavy atom. The second kappa shape index (κ2) is 8.36. The Morgan fingerprint density at radius 3 is 2.54 bits per heavy atom. The normalized spacial score (nSPS) is 10.4. The minimum Gasteiger partial charge on any atom is -0.488 e. The molecule has 0 aromatic heterocycles. The quantitative estimate of drug-likeness (QED) is 0.663. The summed E-state index contributed by atoms with van der Waals surface area (Å²) in [5.74, 6) is 1.37. The zero-order valence-electron chi connectivity index (χ0n) is 14.3. The summed E-state index contributed by atoms with van der Waals surface area (Å²) in [6.07, 6.45) is 1.00. The van der Waals surface area contributed by atoms with Gasteiger partial charge in [-0.1, -0.05) is 30.7 Å². The molecule has 0 radical (unpaired) electrons. The molecular formula is C19H21ClO3S. The standard InChI is InChI=1S/C19H21ClO3S/c1-5-14-9-13(3)18(10-12(14)2)22-11-15-16(20)7-6-8-17(15)23-19(24)21-4/h6-10H,5,11H2,1-4H3. The summed E-state index contributed by atoms with van der Waals surface area (Å²) in [4.78, 5) is 0. The lowest BCUT2D eigenvalue weighted by molar-refractivity contribution is 0.288. The molecule has 0 aliphatic rings. The van der Waals surface area contributed by atoms with Crippen LogP contribution in [0.2, 0.25) is 5.02 Å². The van der Waals surface area contributed by atoms with Gasteiger partial charge in [0.1, 0.15) is 18.1 Å². The molecule has 0 amide bonds. The summed E-state index contributed by atoms with van der Waals surface area (Å²) in [6.45, 7) is 6.56. The first-order valence-electron chi connectivity index (χ1n) is 7.72. The van der Waals surface area contributed by atoms with Gasteiger partial charge in [-0.3, -0.25) is 0 Å². The van der Waals surface area contributed by atoms with E-state index in [-0.39, 0.29) is 11.8 Å². The molecule has 0 saturated heterocycles. The van der Waals surface area contributed by atoms with Crippen molar-refractivity contribution >= 4 is 29.1 Å². The number of hydrogen-bond donors (Lipinski definition) is 0. The van der Waals surface area contributed by atoms with E-state index in [1.165, 1.54) is 18.2 Å². The predicted molar refractivity (Wildman–Crippen MR) is 101 cm³/mol. The van der Waals surface area contributed by atoms with Gasteiger partial charge in [-0.15, -0.1) is 0 Å². The van der Waals surface area contributed by atoms with Gasteiger partial charge in [0, 0.05) is 12.2 Å². The number of aryl methyl sites for hydroxylation is 3. The van der Waals surface area contributed by atoms with Gasteiger partial charge in [0.05, 0.1) is 17.7 Å². The Morgan fingerprint density at radius 1 is 1.12 bits per heavy atom. The van der Waals surface area contributed by atoms with E-state index in [0.717, 1.165) is 23.3 Å². The van der Waals surface area contributed by atoms with Crippen LogP contribution >= 0.6 is 23.8 Å². The van der Waals surface area contributed by atoms with E-state index in [1.54, 1.807) is 18.2 Å². The Hall–Kier alpha value is -1.78. The molecule has 0 atom stereocenters. The number of benzene rings is 2. The van der Waals surface area contributed by atoms with E-state index in [1.807, 2.05) is 6.92 Å². The van der Waals surface area contributed by atoms with Crippen LogP contribution < -0.4 is 9.47 Å². The fourth-order valence-corrected chi connectivity index (χ4v) is 2.75. The van der Waals surface area contributed by atoms with Crippen molar-refractivity contribution in [2.24, 2.45) is 0 Å². The van der Waals surface area contributed by atoms with E-state index in [4.69, 9.17) is 38.0 Å². The van der Waals surface area contributed by atoms with Crippen molar-refractivity contribution in [2.75, 3.05) is 7.11 Å². The molecule has 128 valence electrons. The average Bonchev–Trinajstić information content (AvgIpc) is 2.56. The molecule has 0 fully saturated rings. The molecule has 0 unspecified atom stereocenters. The van der Waals surface area contributed by atoms with Crippen molar-refractivity contribution in [2.45, 2.75) is 33.8 Å². The summed E-state index contributed by atoms with van der Waals surface area (Å²) < 4.78 is 16.4. The largest absolute Gasteiger partial charge is 0.488 e. The predicted octanol–water partition coefficient (Wildman–Crippen LogP) is 5.41. The average molecular weight is 365 g/mol. The van der Waals surface area contributed by atoms with Crippen LogP contribution in [0.15, 0.2) is 30.3 Å². The Balaban J connectivity index is 2.23.